The molecule has 0 amide bonds. The van der Waals surface area contributed by atoms with Gasteiger partial charge in [0.05, 0.1) is 7.11 Å². The fourth-order valence-corrected chi connectivity index (χ4v) is 2.40. The summed E-state index contributed by atoms with van der Waals surface area (Å²) in [7, 11) is -5.14. The molecule has 2 aromatic carbocycles. The van der Waals surface area contributed by atoms with Crippen LogP contribution >= 0.6 is 0 Å². The molecule has 0 spiro atoms. The van der Waals surface area contributed by atoms with E-state index in [1.165, 1.54) is 0 Å². The summed E-state index contributed by atoms with van der Waals surface area (Å²) in [6.07, 6.45) is 0. The SMILES string of the molecule is CC.COC(=O)c1cc(-c2ccc(F)cc2F)ccc1OS(=O)(=O)C(F)(F)F. The number of carbonyl (C=O) groups is 1. The van der Waals surface area contributed by atoms with Gasteiger partial charge in [0.15, 0.2) is 5.75 Å². The Kier molecular flexibility index (Phi) is 7.51. The molecule has 2 rings (SSSR count). The third-order valence-electron chi connectivity index (χ3n) is 3.11. The second-order valence-corrected chi connectivity index (χ2v) is 6.35. The number of hydrogen-bond acceptors (Lipinski definition) is 5. The molecule has 0 fully saturated rings. The summed E-state index contributed by atoms with van der Waals surface area (Å²) in [5.41, 5.74) is -6.63. The molecular formula is C17H15F5O5S. The van der Waals surface area contributed by atoms with Gasteiger partial charge in [0.25, 0.3) is 0 Å². The molecule has 2 aromatic rings. The summed E-state index contributed by atoms with van der Waals surface area (Å²) >= 11 is 0. The minimum atomic E-state index is -6.04. The Morgan fingerprint density at radius 1 is 1.00 bits per heavy atom. The second kappa shape index (κ2) is 9.00. The molecule has 0 saturated heterocycles. The van der Waals surface area contributed by atoms with Gasteiger partial charge in [0.1, 0.15) is 17.2 Å². The number of hydrogen-bond donors (Lipinski definition) is 0. The van der Waals surface area contributed by atoms with Gasteiger partial charge in [0.2, 0.25) is 0 Å². The fraction of sp³-hybridized carbons (Fsp3) is 0.235. The zero-order valence-electron chi connectivity index (χ0n) is 14.8. The van der Waals surface area contributed by atoms with Gasteiger partial charge in [-0.05, 0) is 29.8 Å². The third kappa shape index (κ3) is 5.18. The lowest BCUT2D eigenvalue weighted by Gasteiger charge is -2.13. The van der Waals surface area contributed by atoms with Gasteiger partial charge in [-0.1, -0.05) is 19.9 Å². The Hall–Kier alpha value is -2.69. The molecule has 0 atom stereocenters. The highest BCUT2D eigenvalue weighted by atomic mass is 32.2. The van der Waals surface area contributed by atoms with Crippen LogP contribution in [0.5, 0.6) is 5.75 Å². The molecule has 0 N–H and O–H groups in total. The minimum absolute atomic E-state index is 0.0420. The van der Waals surface area contributed by atoms with Gasteiger partial charge in [0, 0.05) is 11.6 Å². The van der Waals surface area contributed by atoms with Crippen LogP contribution in [0.1, 0.15) is 24.2 Å². The van der Waals surface area contributed by atoms with Crippen LogP contribution < -0.4 is 4.18 Å². The smallest absolute Gasteiger partial charge is 0.465 e. The normalized spacial score (nSPS) is 11.3. The van der Waals surface area contributed by atoms with Crippen molar-refractivity contribution in [2.24, 2.45) is 0 Å². The number of rotatable bonds is 4. The molecule has 0 unspecified atom stereocenters. The van der Waals surface area contributed by atoms with E-state index in [9.17, 15) is 35.2 Å². The lowest BCUT2D eigenvalue weighted by molar-refractivity contribution is -0.0500. The number of ether oxygens (including phenoxy) is 1. The average Bonchev–Trinajstić information content (AvgIpc) is 2.62. The minimum Gasteiger partial charge on any atom is -0.465 e. The lowest BCUT2D eigenvalue weighted by Crippen LogP contribution is -2.28. The Balaban J connectivity index is 0.00000190. The molecule has 11 heteroatoms. The van der Waals surface area contributed by atoms with Crippen molar-refractivity contribution in [3.8, 4) is 16.9 Å². The number of carbonyl (C=O) groups excluding carboxylic acids is 1. The maximum atomic E-state index is 13.8. The van der Waals surface area contributed by atoms with Crippen molar-refractivity contribution in [3.05, 3.63) is 53.6 Å². The fourth-order valence-electron chi connectivity index (χ4n) is 1.93. The van der Waals surface area contributed by atoms with E-state index in [0.717, 1.165) is 37.4 Å². The first-order valence-electron chi connectivity index (χ1n) is 7.65. The van der Waals surface area contributed by atoms with Crippen LogP contribution in [0.3, 0.4) is 0 Å². The van der Waals surface area contributed by atoms with Crippen molar-refractivity contribution in [1.29, 1.82) is 0 Å². The number of halogens is 5. The van der Waals surface area contributed by atoms with Gasteiger partial charge in [-0.15, -0.1) is 0 Å². The topological polar surface area (TPSA) is 69.7 Å². The van der Waals surface area contributed by atoms with Crippen LogP contribution in [0.2, 0.25) is 0 Å². The van der Waals surface area contributed by atoms with Gasteiger partial charge >= 0.3 is 21.6 Å². The van der Waals surface area contributed by atoms with Crippen molar-refractivity contribution >= 4 is 16.1 Å². The zero-order chi connectivity index (χ0) is 21.7. The maximum Gasteiger partial charge on any atom is 0.534 e. The molecule has 0 aromatic heterocycles. The summed E-state index contributed by atoms with van der Waals surface area (Å²) in [6, 6.07) is 5.12. The first kappa shape index (κ1) is 23.3. The highest BCUT2D eigenvalue weighted by molar-refractivity contribution is 7.88. The predicted octanol–water partition coefficient (Wildman–Crippen LogP) is 4.67. The lowest BCUT2D eigenvalue weighted by atomic mass is 10.0. The molecule has 0 aliphatic carbocycles. The van der Waals surface area contributed by atoms with Gasteiger partial charge < -0.3 is 8.92 Å². The summed E-state index contributed by atoms with van der Waals surface area (Å²) < 4.78 is 94.8. The number of alkyl halides is 3. The molecular weight excluding hydrogens is 411 g/mol. The summed E-state index contributed by atoms with van der Waals surface area (Å²) in [6.45, 7) is 4.00. The average molecular weight is 426 g/mol. The van der Waals surface area contributed by atoms with Crippen LogP contribution in [0.4, 0.5) is 22.0 Å². The van der Waals surface area contributed by atoms with Gasteiger partial charge in [-0.25, -0.2) is 13.6 Å². The first-order chi connectivity index (χ1) is 13.0. The van der Waals surface area contributed by atoms with Crippen LogP contribution in [-0.2, 0) is 14.9 Å². The molecule has 0 radical (unpaired) electrons. The second-order valence-electron chi connectivity index (χ2n) is 4.81. The predicted molar refractivity (Wildman–Crippen MR) is 90.1 cm³/mol. The van der Waals surface area contributed by atoms with E-state index >= 15 is 0 Å². The van der Waals surface area contributed by atoms with Crippen molar-refractivity contribution in [3.63, 3.8) is 0 Å². The van der Waals surface area contributed by atoms with E-state index in [1.54, 1.807) is 0 Å². The van der Waals surface area contributed by atoms with Crippen molar-refractivity contribution in [2.75, 3.05) is 7.11 Å². The van der Waals surface area contributed by atoms with Gasteiger partial charge in [-0.3, -0.25) is 0 Å². The van der Waals surface area contributed by atoms with Gasteiger partial charge in [-0.2, -0.15) is 21.6 Å². The standard InChI is InChI=1S/C15H9F5O5S.C2H6/c1-24-14(21)11-6-8(10-4-3-9(16)7-12(10)17)2-5-13(11)25-26(22,23)15(18,19)20;1-2/h2-7H,1H3;1-2H3. The van der Waals surface area contributed by atoms with E-state index in [-0.39, 0.29) is 11.1 Å². The summed E-state index contributed by atoms with van der Waals surface area (Å²) in [5, 5.41) is 0. The van der Waals surface area contributed by atoms with Crippen molar-refractivity contribution in [1.82, 2.24) is 0 Å². The van der Waals surface area contributed by atoms with Crippen molar-refractivity contribution < 1.29 is 44.1 Å². The Morgan fingerprint density at radius 3 is 2.11 bits per heavy atom. The van der Waals surface area contributed by atoms with Crippen LogP contribution in [0, 0.1) is 11.6 Å². The molecule has 0 saturated carbocycles. The highest BCUT2D eigenvalue weighted by Gasteiger charge is 2.49. The van der Waals surface area contributed by atoms with Crippen molar-refractivity contribution in [2.45, 2.75) is 19.4 Å². The molecule has 154 valence electrons. The highest BCUT2D eigenvalue weighted by Crippen LogP contribution is 2.33. The van der Waals surface area contributed by atoms with E-state index < -0.39 is 44.5 Å². The van der Waals surface area contributed by atoms with Crippen LogP contribution in [-0.4, -0.2) is 27.0 Å². The first-order valence-corrected chi connectivity index (χ1v) is 9.05. The molecule has 0 heterocycles. The summed E-state index contributed by atoms with van der Waals surface area (Å²) in [4.78, 5) is 11.8. The quantitative estimate of drug-likeness (QED) is 0.308. The van der Waals surface area contributed by atoms with E-state index in [2.05, 4.69) is 8.92 Å². The molecule has 0 aliphatic rings. The Labute approximate surface area is 157 Å². The Morgan fingerprint density at radius 2 is 1.61 bits per heavy atom. The molecule has 0 aliphatic heterocycles. The number of benzene rings is 2. The van der Waals surface area contributed by atoms with E-state index in [4.69, 9.17) is 0 Å². The van der Waals surface area contributed by atoms with E-state index in [1.807, 2.05) is 13.8 Å². The third-order valence-corrected chi connectivity index (χ3v) is 4.08. The number of methoxy groups -OCH3 is 1. The van der Waals surface area contributed by atoms with Crippen LogP contribution in [0.15, 0.2) is 36.4 Å². The Bertz CT molecular complexity index is 955. The zero-order valence-corrected chi connectivity index (χ0v) is 15.6. The molecule has 28 heavy (non-hydrogen) atoms. The number of esters is 1. The van der Waals surface area contributed by atoms with E-state index in [0.29, 0.717) is 6.07 Å². The molecule has 5 nitrogen and oxygen atoms in total. The van der Waals surface area contributed by atoms with Crippen LogP contribution in [0.25, 0.3) is 11.1 Å². The summed E-state index contributed by atoms with van der Waals surface area (Å²) in [5.74, 6) is -4.05. The molecule has 0 bridgehead atoms. The maximum absolute atomic E-state index is 13.8. The monoisotopic (exact) mass is 426 g/mol. The largest absolute Gasteiger partial charge is 0.534 e.